The fourth-order valence-electron chi connectivity index (χ4n) is 3.33. The molecule has 0 saturated heterocycles. The molecule has 1 aliphatic heterocycles. The first kappa shape index (κ1) is 17.7. The number of amides is 1. The lowest BCUT2D eigenvalue weighted by Crippen LogP contribution is -2.23. The van der Waals surface area contributed by atoms with Gasteiger partial charge in [0.25, 0.3) is 11.6 Å². The zero-order chi connectivity index (χ0) is 19.7. The molecule has 7 heteroatoms. The maximum atomic E-state index is 12.1. The number of rotatable bonds is 4. The molecule has 0 saturated carbocycles. The highest BCUT2D eigenvalue weighted by Gasteiger charge is 2.23. The highest BCUT2D eigenvalue weighted by Crippen LogP contribution is 2.24. The van der Waals surface area contributed by atoms with Gasteiger partial charge in [-0.1, -0.05) is 24.3 Å². The summed E-state index contributed by atoms with van der Waals surface area (Å²) in [6.45, 7) is 0.361. The summed E-state index contributed by atoms with van der Waals surface area (Å²) >= 11 is 0. The van der Waals surface area contributed by atoms with E-state index in [2.05, 4.69) is 10.3 Å². The minimum atomic E-state index is -0.421. The Kier molecular flexibility index (Phi) is 4.49. The molecule has 0 bridgehead atoms. The Bertz CT molecular complexity index is 1030. The summed E-state index contributed by atoms with van der Waals surface area (Å²) in [5.41, 5.74) is 4.52. The van der Waals surface area contributed by atoms with Crippen LogP contribution in [0.15, 0.2) is 54.6 Å². The highest BCUT2D eigenvalue weighted by atomic mass is 16.6. The summed E-state index contributed by atoms with van der Waals surface area (Å²) in [4.78, 5) is 37.6. The topological polar surface area (TPSA) is 105 Å². The van der Waals surface area contributed by atoms with Gasteiger partial charge in [-0.3, -0.25) is 19.7 Å². The van der Waals surface area contributed by atoms with E-state index in [1.807, 2.05) is 24.3 Å². The lowest BCUT2D eigenvalue weighted by molar-refractivity contribution is -0.384. The Hall–Kier alpha value is -3.74. The molecule has 0 unspecified atom stereocenters. The van der Waals surface area contributed by atoms with Crippen molar-refractivity contribution < 1.29 is 14.5 Å². The molecule has 0 aliphatic carbocycles. The van der Waals surface area contributed by atoms with Gasteiger partial charge in [0.05, 0.1) is 4.92 Å². The number of hydrogen-bond acceptors (Lipinski definition) is 4. The van der Waals surface area contributed by atoms with Crippen molar-refractivity contribution in [2.45, 2.75) is 12.8 Å². The van der Waals surface area contributed by atoms with Crippen LogP contribution in [0.3, 0.4) is 0 Å². The maximum Gasteiger partial charge on any atom is 0.269 e. The fraction of sp³-hybridized carbons (Fsp3) is 0.143. The molecule has 0 atom stereocenters. The number of carbonyl (C=O) groups is 2. The lowest BCUT2D eigenvalue weighted by Gasteiger charge is -2.04. The second-order valence-electron chi connectivity index (χ2n) is 6.69. The van der Waals surface area contributed by atoms with E-state index in [1.165, 1.54) is 12.1 Å². The molecule has 2 aromatic carbocycles. The predicted molar refractivity (Wildman–Crippen MR) is 103 cm³/mol. The molecule has 28 heavy (non-hydrogen) atoms. The van der Waals surface area contributed by atoms with Gasteiger partial charge in [-0.15, -0.1) is 0 Å². The van der Waals surface area contributed by atoms with Crippen molar-refractivity contribution in [3.63, 3.8) is 0 Å². The molecule has 7 nitrogen and oxygen atoms in total. The van der Waals surface area contributed by atoms with Crippen molar-refractivity contribution in [2.75, 3.05) is 6.54 Å². The van der Waals surface area contributed by atoms with Crippen molar-refractivity contribution in [3.8, 4) is 11.1 Å². The number of aromatic nitrogens is 1. The van der Waals surface area contributed by atoms with E-state index in [0.717, 1.165) is 22.4 Å². The third-order valence-electron chi connectivity index (χ3n) is 4.80. The van der Waals surface area contributed by atoms with Crippen LogP contribution in [0.5, 0.6) is 0 Å². The number of H-pyrrole nitrogens is 1. The maximum absolute atomic E-state index is 12.1. The number of benzene rings is 2. The average molecular weight is 375 g/mol. The number of non-ortho nitro benzene ring substituents is 1. The minimum absolute atomic E-state index is 0.0376. The van der Waals surface area contributed by atoms with Gasteiger partial charge < -0.3 is 10.3 Å². The number of nitrogens with one attached hydrogen (secondary N) is 2. The second kappa shape index (κ2) is 7.11. The number of carbonyl (C=O) groups excluding carboxylic acids is 2. The first-order valence-electron chi connectivity index (χ1n) is 8.88. The molecule has 1 aromatic heterocycles. The van der Waals surface area contributed by atoms with Gasteiger partial charge in [0.2, 0.25) is 0 Å². The van der Waals surface area contributed by atoms with Gasteiger partial charge in [-0.2, -0.15) is 0 Å². The predicted octanol–water partition coefficient (Wildman–Crippen LogP) is 3.50. The fourth-order valence-corrected chi connectivity index (χ4v) is 3.33. The smallest absolute Gasteiger partial charge is 0.269 e. The van der Waals surface area contributed by atoms with Crippen LogP contribution in [0.25, 0.3) is 11.1 Å². The van der Waals surface area contributed by atoms with Crippen molar-refractivity contribution in [2.24, 2.45) is 0 Å². The molecular formula is C21H17N3O4. The third-order valence-corrected chi connectivity index (χ3v) is 4.80. The van der Waals surface area contributed by atoms with Crippen LogP contribution in [0.4, 0.5) is 5.69 Å². The summed E-state index contributed by atoms with van der Waals surface area (Å²) in [5.74, 6) is -0.287. The van der Waals surface area contributed by atoms with E-state index in [4.69, 9.17) is 0 Å². The molecule has 1 aliphatic rings. The molecule has 2 N–H and O–H groups in total. The molecule has 0 fully saturated rings. The van der Waals surface area contributed by atoms with Crippen LogP contribution in [0, 0.1) is 10.1 Å². The van der Waals surface area contributed by atoms with Gasteiger partial charge in [-0.25, -0.2) is 0 Å². The average Bonchev–Trinajstić information content (AvgIpc) is 3.07. The summed E-state index contributed by atoms with van der Waals surface area (Å²) in [6.07, 6.45) is 0.869. The first-order chi connectivity index (χ1) is 13.5. The van der Waals surface area contributed by atoms with E-state index in [-0.39, 0.29) is 17.4 Å². The van der Waals surface area contributed by atoms with Gasteiger partial charge in [0.15, 0.2) is 5.78 Å². The Morgan fingerprint density at radius 3 is 2.25 bits per heavy atom. The first-order valence-corrected chi connectivity index (χ1v) is 8.88. The van der Waals surface area contributed by atoms with E-state index in [1.54, 1.807) is 18.2 Å². The Balaban J connectivity index is 1.53. The van der Waals surface area contributed by atoms with Crippen LogP contribution < -0.4 is 5.32 Å². The number of nitro groups is 1. The van der Waals surface area contributed by atoms with Crippen LogP contribution in [0.2, 0.25) is 0 Å². The number of nitrogens with zero attached hydrogens (tertiary/aromatic N) is 1. The minimum Gasteiger partial charge on any atom is -0.354 e. The van der Waals surface area contributed by atoms with Crippen LogP contribution in [-0.2, 0) is 6.42 Å². The van der Waals surface area contributed by atoms with Crippen molar-refractivity contribution in [1.82, 2.24) is 10.3 Å². The normalized spacial score (nSPS) is 13.6. The Labute approximate surface area is 160 Å². The lowest BCUT2D eigenvalue weighted by atomic mass is 10.0. The standard InChI is InChI=1S/C21H17N3O4/c25-19-9-10-22-21(26)20-18(19)12-16(23-20)11-13-1-3-14(4-2-13)15-5-7-17(8-6-15)24(27)28/h1-8,12,23H,9-11H2,(H,22,26). The van der Waals surface area contributed by atoms with Gasteiger partial charge in [0, 0.05) is 42.8 Å². The Morgan fingerprint density at radius 2 is 1.61 bits per heavy atom. The van der Waals surface area contributed by atoms with Crippen LogP contribution in [0.1, 0.15) is 38.5 Å². The molecule has 3 aromatic rings. The van der Waals surface area contributed by atoms with E-state index in [0.29, 0.717) is 30.6 Å². The number of Topliss-reactive ketones (excluding diaryl/α,β-unsaturated/α-hetero) is 1. The number of ketones is 1. The SMILES string of the molecule is O=C1CCNC(=O)c2[nH]c(Cc3ccc(-c4ccc([N+](=O)[O-])cc4)cc3)cc21. The molecule has 4 rings (SSSR count). The summed E-state index contributed by atoms with van der Waals surface area (Å²) in [5, 5.41) is 13.5. The molecule has 1 amide bonds. The quantitative estimate of drug-likeness (QED) is 0.538. The highest BCUT2D eigenvalue weighted by molar-refractivity contribution is 6.09. The van der Waals surface area contributed by atoms with Gasteiger partial charge >= 0.3 is 0 Å². The van der Waals surface area contributed by atoms with Crippen LogP contribution >= 0.6 is 0 Å². The molecule has 0 spiro atoms. The number of hydrogen-bond donors (Lipinski definition) is 2. The van der Waals surface area contributed by atoms with Crippen molar-refractivity contribution in [3.05, 3.63) is 87.2 Å². The molecular weight excluding hydrogens is 358 g/mol. The third kappa shape index (κ3) is 3.42. The number of aromatic amines is 1. The zero-order valence-corrected chi connectivity index (χ0v) is 14.9. The van der Waals surface area contributed by atoms with Crippen molar-refractivity contribution >= 4 is 17.4 Å². The number of nitro benzene ring substituents is 1. The molecule has 140 valence electrons. The van der Waals surface area contributed by atoms with Gasteiger partial charge in [0.1, 0.15) is 5.69 Å². The van der Waals surface area contributed by atoms with E-state index in [9.17, 15) is 19.7 Å². The summed E-state index contributed by atoms with van der Waals surface area (Å²) < 4.78 is 0. The van der Waals surface area contributed by atoms with Crippen LogP contribution in [-0.4, -0.2) is 28.1 Å². The zero-order valence-electron chi connectivity index (χ0n) is 14.9. The monoisotopic (exact) mass is 375 g/mol. The molecule has 0 radical (unpaired) electrons. The summed E-state index contributed by atoms with van der Waals surface area (Å²) in [6, 6.07) is 16.0. The Morgan fingerprint density at radius 1 is 0.964 bits per heavy atom. The largest absolute Gasteiger partial charge is 0.354 e. The second-order valence-corrected chi connectivity index (χ2v) is 6.69. The van der Waals surface area contributed by atoms with E-state index < -0.39 is 4.92 Å². The molecule has 2 heterocycles. The van der Waals surface area contributed by atoms with E-state index >= 15 is 0 Å². The van der Waals surface area contributed by atoms with Crippen molar-refractivity contribution in [1.29, 1.82) is 0 Å². The number of fused-ring (bicyclic) bond motifs is 1. The summed E-state index contributed by atoms with van der Waals surface area (Å²) in [7, 11) is 0. The van der Waals surface area contributed by atoms with Gasteiger partial charge in [-0.05, 0) is 34.9 Å².